The second-order valence-corrected chi connectivity index (χ2v) is 10.6. The number of sulfone groups is 1. The van der Waals surface area contributed by atoms with Gasteiger partial charge in [-0.05, 0) is 6.07 Å². The molecule has 0 bridgehead atoms. The number of nitrogens with zero attached hydrogens (tertiary/aromatic N) is 1. The third-order valence-corrected chi connectivity index (χ3v) is 7.84. The van der Waals surface area contributed by atoms with E-state index < -0.39 is 22.0 Å². The van der Waals surface area contributed by atoms with Crippen molar-refractivity contribution in [3.63, 3.8) is 0 Å². The predicted molar refractivity (Wildman–Crippen MR) is 112 cm³/mol. The van der Waals surface area contributed by atoms with Gasteiger partial charge in [-0.1, -0.05) is 18.2 Å². The van der Waals surface area contributed by atoms with Crippen LogP contribution in [0.5, 0.6) is 5.75 Å². The van der Waals surface area contributed by atoms with Crippen LogP contribution in [0.4, 0.5) is 0 Å². The molecule has 4 rings (SSSR count). The van der Waals surface area contributed by atoms with Gasteiger partial charge >= 0.3 is 0 Å². The van der Waals surface area contributed by atoms with Crippen LogP contribution in [0.25, 0.3) is 0 Å². The van der Waals surface area contributed by atoms with Crippen LogP contribution in [0.2, 0.25) is 0 Å². The Morgan fingerprint density at radius 1 is 1.26 bits per heavy atom. The van der Waals surface area contributed by atoms with E-state index in [4.69, 9.17) is 14.2 Å². The Morgan fingerprint density at radius 2 is 2.00 bits per heavy atom. The normalized spacial score (nSPS) is 32.1. The topological polar surface area (TPSA) is 114 Å². The van der Waals surface area contributed by atoms with Crippen LogP contribution in [0.15, 0.2) is 24.3 Å². The number of hydrogen-bond donors (Lipinski definition) is 2. The van der Waals surface area contributed by atoms with Gasteiger partial charge in [0.25, 0.3) is 0 Å². The van der Waals surface area contributed by atoms with Crippen LogP contribution >= 0.6 is 0 Å². The third kappa shape index (κ3) is 5.20. The summed E-state index contributed by atoms with van der Waals surface area (Å²) in [6.45, 7) is 1.54. The first-order chi connectivity index (χ1) is 14.9. The lowest BCUT2D eigenvalue weighted by Crippen LogP contribution is -2.44. The monoisotopic (exact) mass is 454 g/mol. The summed E-state index contributed by atoms with van der Waals surface area (Å²) < 4.78 is 40.4. The van der Waals surface area contributed by atoms with E-state index in [0.29, 0.717) is 19.5 Å². The highest BCUT2D eigenvalue weighted by Crippen LogP contribution is 2.35. The molecule has 31 heavy (non-hydrogen) atoms. The fourth-order valence-electron chi connectivity index (χ4n) is 4.49. The zero-order valence-corrected chi connectivity index (χ0v) is 18.4. The maximum absolute atomic E-state index is 12.5. The molecule has 9 nitrogen and oxygen atoms in total. The number of amides is 1. The Kier molecular flexibility index (Phi) is 6.83. The van der Waals surface area contributed by atoms with Gasteiger partial charge in [0.15, 0.2) is 9.84 Å². The summed E-state index contributed by atoms with van der Waals surface area (Å²) >= 11 is 0. The molecule has 5 unspecified atom stereocenters. The number of ether oxygens (including phenoxy) is 3. The molecule has 1 aromatic rings. The summed E-state index contributed by atoms with van der Waals surface area (Å²) in [5.41, 5.74) is 1.03. The first-order valence-corrected chi connectivity index (χ1v) is 12.5. The predicted octanol–water partition coefficient (Wildman–Crippen LogP) is -0.282. The van der Waals surface area contributed by atoms with Gasteiger partial charge < -0.3 is 29.5 Å². The Bertz CT molecular complexity index is 879. The molecule has 3 fully saturated rings. The Balaban J connectivity index is 1.22. The third-order valence-electron chi connectivity index (χ3n) is 6.23. The van der Waals surface area contributed by atoms with Crippen molar-refractivity contribution in [3.05, 3.63) is 29.8 Å². The van der Waals surface area contributed by atoms with Gasteiger partial charge in [-0.15, -0.1) is 0 Å². The average molecular weight is 455 g/mol. The first-order valence-electron chi connectivity index (χ1n) is 10.7. The van der Waals surface area contributed by atoms with Crippen molar-refractivity contribution in [3.8, 4) is 5.75 Å². The lowest BCUT2D eigenvalue weighted by molar-refractivity contribution is -0.134. The summed E-state index contributed by atoms with van der Waals surface area (Å²) in [6, 6.07) is 7.75. The highest BCUT2D eigenvalue weighted by molar-refractivity contribution is 7.91. The first kappa shape index (κ1) is 22.5. The van der Waals surface area contributed by atoms with Crippen LogP contribution in [0, 0.1) is 0 Å². The van der Waals surface area contributed by atoms with E-state index in [9.17, 15) is 18.3 Å². The molecule has 3 aliphatic heterocycles. The second-order valence-electron chi connectivity index (χ2n) is 8.34. The van der Waals surface area contributed by atoms with Crippen molar-refractivity contribution >= 4 is 15.7 Å². The Labute approximate surface area is 182 Å². The van der Waals surface area contributed by atoms with Gasteiger partial charge in [0, 0.05) is 38.2 Å². The smallest absolute Gasteiger partial charge is 0.225 e. The van der Waals surface area contributed by atoms with Crippen molar-refractivity contribution < 1.29 is 32.5 Å². The van der Waals surface area contributed by atoms with Gasteiger partial charge in [0.1, 0.15) is 18.0 Å². The van der Waals surface area contributed by atoms with E-state index in [-0.39, 0.29) is 55.2 Å². The lowest BCUT2D eigenvalue weighted by Gasteiger charge is -2.28. The van der Waals surface area contributed by atoms with E-state index in [1.807, 2.05) is 24.3 Å². The van der Waals surface area contributed by atoms with E-state index >= 15 is 0 Å². The number of aliphatic hydroxyl groups excluding tert-OH is 1. The number of para-hydroxylation sites is 1. The van der Waals surface area contributed by atoms with Crippen molar-refractivity contribution in [2.75, 3.05) is 38.2 Å². The second kappa shape index (κ2) is 9.41. The van der Waals surface area contributed by atoms with Crippen LogP contribution in [0.1, 0.15) is 18.4 Å². The Morgan fingerprint density at radius 3 is 2.71 bits per heavy atom. The number of hydrogen-bond acceptors (Lipinski definition) is 8. The molecule has 0 saturated carbocycles. The zero-order chi connectivity index (χ0) is 22.0. The quantitative estimate of drug-likeness (QED) is 0.578. The largest absolute Gasteiger partial charge is 0.496 e. The molecule has 2 N–H and O–H groups in total. The molecule has 1 aromatic carbocycles. The maximum atomic E-state index is 12.5. The maximum Gasteiger partial charge on any atom is 0.225 e. The van der Waals surface area contributed by atoms with Gasteiger partial charge in [-0.25, -0.2) is 8.42 Å². The molecule has 3 saturated heterocycles. The van der Waals surface area contributed by atoms with Gasteiger partial charge in [-0.2, -0.15) is 0 Å². The highest BCUT2D eigenvalue weighted by Gasteiger charge is 2.50. The van der Waals surface area contributed by atoms with Crippen LogP contribution < -0.4 is 10.1 Å². The van der Waals surface area contributed by atoms with Crippen molar-refractivity contribution in [2.24, 2.45) is 0 Å². The number of methoxy groups -OCH3 is 1. The summed E-state index contributed by atoms with van der Waals surface area (Å²) in [7, 11) is -1.39. The minimum atomic E-state index is -3.02. The van der Waals surface area contributed by atoms with E-state index in [0.717, 1.165) is 11.3 Å². The molecule has 3 heterocycles. The molecule has 10 heteroatoms. The van der Waals surface area contributed by atoms with Gasteiger partial charge in [0.2, 0.25) is 5.91 Å². The molecule has 0 radical (unpaired) electrons. The van der Waals surface area contributed by atoms with Gasteiger partial charge in [0.05, 0.1) is 43.3 Å². The lowest BCUT2D eigenvalue weighted by atomic mass is 10.1. The number of benzene rings is 1. The minimum Gasteiger partial charge on any atom is -0.496 e. The van der Waals surface area contributed by atoms with Crippen molar-refractivity contribution in [1.82, 2.24) is 10.2 Å². The van der Waals surface area contributed by atoms with Crippen LogP contribution in [0.3, 0.4) is 0 Å². The highest BCUT2D eigenvalue weighted by atomic mass is 32.2. The molecular weight excluding hydrogens is 424 g/mol. The fraction of sp³-hybridized carbons (Fsp3) is 0.667. The SMILES string of the molecule is COc1ccccc1CNCC1OC2CC(CC(=O)N3CCS(=O)(=O)CC3)OC2C1O. The molecule has 0 spiro atoms. The molecule has 0 aliphatic carbocycles. The van der Waals surface area contributed by atoms with Crippen LogP contribution in [-0.4, -0.2) is 93.1 Å². The van der Waals surface area contributed by atoms with E-state index in [1.165, 1.54) is 0 Å². The number of rotatable bonds is 7. The average Bonchev–Trinajstić information content (AvgIpc) is 3.26. The fourth-order valence-corrected chi connectivity index (χ4v) is 5.69. The number of carbonyl (C=O) groups is 1. The van der Waals surface area contributed by atoms with Crippen LogP contribution in [-0.2, 0) is 30.7 Å². The summed E-state index contributed by atoms with van der Waals surface area (Å²) in [5, 5.41) is 13.9. The molecule has 5 atom stereocenters. The summed E-state index contributed by atoms with van der Waals surface area (Å²) in [6.07, 6.45) is -1.44. The van der Waals surface area contributed by atoms with Gasteiger partial charge in [-0.3, -0.25) is 4.79 Å². The number of aliphatic hydroxyl groups is 1. The van der Waals surface area contributed by atoms with Crippen molar-refractivity contribution in [2.45, 2.75) is 49.9 Å². The number of carbonyl (C=O) groups excluding carboxylic acids is 1. The number of nitrogens with one attached hydrogen (secondary N) is 1. The number of fused-ring (bicyclic) bond motifs is 1. The minimum absolute atomic E-state index is 0.0148. The Hall–Kier alpha value is -1.72. The molecule has 0 aromatic heterocycles. The molecule has 1 amide bonds. The summed E-state index contributed by atoms with van der Waals surface area (Å²) in [5.74, 6) is 0.730. The standard InChI is InChI=1S/C21H30N2O7S/c1-28-16-5-3-2-4-14(16)12-22-13-18-20(25)21-17(30-18)10-15(29-21)11-19(24)23-6-8-31(26,27)9-7-23/h2-5,15,17-18,20-22,25H,6-13H2,1H3. The zero-order valence-electron chi connectivity index (χ0n) is 17.6. The van der Waals surface area contributed by atoms with E-state index in [2.05, 4.69) is 5.32 Å². The molecule has 3 aliphatic rings. The molecular formula is C21H30N2O7S. The van der Waals surface area contributed by atoms with E-state index in [1.54, 1.807) is 12.0 Å². The van der Waals surface area contributed by atoms with Crippen molar-refractivity contribution in [1.29, 1.82) is 0 Å². The summed E-state index contributed by atoms with van der Waals surface area (Å²) in [4.78, 5) is 14.1. The molecule has 172 valence electrons.